The van der Waals surface area contributed by atoms with E-state index in [0.29, 0.717) is 24.3 Å². The van der Waals surface area contributed by atoms with Crippen LogP contribution >= 0.6 is 11.3 Å². The number of nitrogens with zero attached hydrogens (tertiary/aromatic N) is 2. The maximum absolute atomic E-state index is 12.8. The van der Waals surface area contributed by atoms with E-state index in [4.69, 9.17) is 4.74 Å². The van der Waals surface area contributed by atoms with Gasteiger partial charge in [-0.2, -0.15) is 13.2 Å². The average molecular weight is 421 g/mol. The van der Waals surface area contributed by atoms with Gasteiger partial charge >= 0.3 is 6.18 Å². The molecule has 2 heterocycles. The van der Waals surface area contributed by atoms with E-state index in [9.17, 15) is 18.0 Å². The average Bonchev–Trinajstić information content (AvgIpc) is 3.15. The summed E-state index contributed by atoms with van der Waals surface area (Å²) in [5.74, 6) is -0.342. The third-order valence-corrected chi connectivity index (χ3v) is 5.71. The van der Waals surface area contributed by atoms with Crippen LogP contribution in [0.2, 0.25) is 0 Å². The molecule has 152 valence electrons. The molecular weight excluding hydrogens is 403 g/mol. The maximum atomic E-state index is 12.8. The lowest BCUT2D eigenvalue weighted by molar-refractivity contribution is -0.137. The number of fused-ring (bicyclic) bond motifs is 1. The number of hydrogen-bond acceptors (Lipinski definition) is 5. The first-order valence-electron chi connectivity index (χ1n) is 9.08. The molecule has 1 saturated heterocycles. The molecule has 0 unspecified atom stereocenters. The van der Waals surface area contributed by atoms with Gasteiger partial charge in [0.2, 0.25) is 0 Å². The second-order valence-corrected chi connectivity index (χ2v) is 7.67. The van der Waals surface area contributed by atoms with Crippen LogP contribution in [-0.2, 0) is 17.5 Å². The molecule has 0 aliphatic carbocycles. The van der Waals surface area contributed by atoms with E-state index in [-0.39, 0.29) is 12.5 Å². The minimum atomic E-state index is -4.41. The van der Waals surface area contributed by atoms with Gasteiger partial charge in [0.25, 0.3) is 5.91 Å². The summed E-state index contributed by atoms with van der Waals surface area (Å²) in [6.07, 6.45) is -4.41. The molecule has 0 spiro atoms. The van der Waals surface area contributed by atoms with Gasteiger partial charge in [0, 0.05) is 25.2 Å². The number of alkyl halides is 3. The second kappa shape index (κ2) is 8.00. The zero-order valence-electron chi connectivity index (χ0n) is 15.3. The molecule has 0 radical (unpaired) electrons. The van der Waals surface area contributed by atoms with Crippen molar-refractivity contribution in [2.75, 3.05) is 31.2 Å². The lowest BCUT2D eigenvalue weighted by Crippen LogP contribution is -2.36. The van der Waals surface area contributed by atoms with Gasteiger partial charge in [-0.25, -0.2) is 4.98 Å². The fraction of sp³-hybridized carbons (Fsp3) is 0.300. The molecule has 1 aromatic heterocycles. The van der Waals surface area contributed by atoms with E-state index in [1.165, 1.54) is 17.4 Å². The Morgan fingerprint density at radius 3 is 2.72 bits per heavy atom. The highest BCUT2D eigenvalue weighted by Gasteiger charge is 2.30. The van der Waals surface area contributed by atoms with Gasteiger partial charge in [-0.1, -0.05) is 23.5 Å². The Morgan fingerprint density at radius 1 is 1.17 bits per heavy atom. The van der Waals surface area contributed by atoms with Crippen LogP contribution in [0.4, 0.5) is 18.3 Å². The number of carbonyl (C=O) groups is 1. The highest BCUT2D eigenvalue weighted by Crippen LogP contribution is 2.31. The normalized spacial score (nSPS) is 14.9. The Labute approximate surface area is 169 Å². The van der Waals surface area contributed by atoms with Crippen molar-refractivity contribution in [1.82, 2.24) is 10.3 Å². The van der Waals surface area contributed by atoms with Crippen LogP contribution < -0.4 is 10.2 Å². The smallest absolute Gasteiger partial charge is 0.378 e. The third kappa shape index (κ3) is 4.51. The van der Waals surface area contributed by atoms with Crippen LogP contribution in [-0.4, -0.2) is 37.2 Å². The molecule has 1 aliphatic heterocycles. The molecule has 29 heavy (non-hydrogen) atoms. The molecule has 1 N–H and O–H groups in total. The third-order valence-electron chi connectivity index (χ3n) is 4.63. The van der Waals surface area contributed by atoms with Gasteiger partial charge in [-0.05, 0) is 35.9 Å². The number of rotatable bonds is 4. The second-order valence-electron chi connectivity index (χ2n) is 6.66. The molecule has 0 atom stereocenters. The number of carbonyl (C=O) groups excluding carboxylic acids is 1. The van der Waals surface area contributed by atoms with Crippen LogP contribution in [0.3, 0.4) is 0 Å². The van der Waals surface area contributed by atoms with Crippen molar-refractivity contribution in [3.63, 3.8) is 0 Å². The van der Waals surface area contributed by atoms with Crippen molar-refractivity contribution in [3.05, 3.63) is 59.2 Å². The van der Waals surface area contributed by atoms with E-state index in [0.717, 1.165) is 40.6 Å². The number of halogens is 3. The van der Waals surface area contributed by atoms with Crippen molar-refractivity contribution in [2.24, 2.45) is 0 Å². The Bertz CT molecular complexity index is 1030. The topological polar surface area (TPSA) is 54.5 Å². The molecule has 5 nitrogen and oxygen atoms in total. The summed E-state index contributed by atoms with van der Waals surface area (Å²) in [7, 11) is 0. The number of anilines is 1. The quantitative estimate of drug-likeness (QED) is 0.690. The van der Waals surface area contributed by atoms with E-state index < -0.39 is 11.7 Å². The molecule has 2 aromatic carbocycles. The van der Waals surface area contributed by atoms with Crippen LogP contribution in [0.15, 0.2) is 42.5 Å². The van der Waals surface area contributed by atoms with E-state index >= 15 is 0 Å². The molecule has 1 amide bonds. The molecule has 0 bridgehead atoms. The lowest BCUT2D eigenvalue weighted by Gasteiger charge is -2.25. The number of amides is 1. The molecule has 1 fully saturated rings. The number of thiazole rings is 1. The first-order chi connectivity index (χ1) is 13.9. The Kier molecular flexibility index (Phi) is 5.42. The summed E-state index contributed by atoms with van der Waals surface area (Å²) in [6, 6.07) is 10.2. The summed E-state index contributed by atoms with van der Waals surface area (Å²) < 4.78 is 44.7. The van der Waals surface area contributed by atoms with E-state index in [1.54, 1.807) is 24.3 Å². The number of nitrogens with one attached hydrogen (secondary N) is 1. The SMILES string of the molecule is O=C(NCc1cccc(C(F)(F)F)c1)c1ccc2nc(N3CCOCC3)sc2c1. The number of ether oxygens (including phenoxy) is 1. The summed E-state index contributed by atoms with van der Waals surface area (Å²) >= 11 is 1.51. The summed E-state index contributed by atoms with van der Waals surface area (Å²) in [5, 5.41) is 3.57. The van der Waals surface area contributed by atoms with Gasteiger partial charge in [0.1, 0.15) is 0 Å². The minimum absolute atomic E-state index is 0.0164. The zero-order valence-corrected chi connectivity index (χ0v) is 16.1. The highest BCUT2D eigenvalue weighted by molar-refractivity contribution is 7.22. The van der Waals surface area contributed by atoms with Crippen LogP contribution in [0.25, 0.3) is 10.2 Å². The lowest BCUT2D eigenvalue weighted by atomic mass is 10.1. The fourth-order valence-electron chi connectivity index (χ4n) is 3.09. The van der Waals surface area contributed by atoms with Crippen molar-refractivity contribution in [2.45, 2.75) is 12.7 Å². The monoisotopic (exact) mass is 421 g/mol. The minimum Gasteiger partial charge on any atom is -0.378 e. The largest absolute Gasteiger partial charge is 0.416 e. The van der Waals surface area contributed by atoms with Gasteiger partial charge in [0.05, 0.1) is 29.0 Å². The molecule has 0 saturated carbocycles. The standard InChI is InChI=1S/C20H18F3N3O2S/c21-20(22,23)15-3-1-2-13(10-15)12-24-18(27)14-4-5-16-17(11-14)29-19(25-16)26-6-8-28-9-7-26/h1-5,10-11H,6-9,12H2,(H,24,27). The van der Waals surface area contributed by atoms with Gasteiger partial charge in [-0.15, -0.1) is 0 Å². The van der Waals surface area contributed by atoms with Crippen LogP contribution in [0, 0.1) is 0 Å². The van der Waals surface area contributed by atoms with E-state index in [2.05, 4.69) is 15.2 Å². The number of morpholine rings is 1. The molecule has 1 aliphatic rings. The fourth-order valence-corrected chi connectivity index (χ4v) is 4.14. The van der Waals surface area contributed by atoms with Gasteiger partial charge < -0.3 is 15.0 Å². The molecule has 4 rings (SSSR count). The predicted octanol–water partition coefficient (Wildman–Crippen LogP) is 4.08. The van der Waals surface area contributed by atoms with Crippen molar-refractivity contribution < 1.29 is 22.7 Å². The number of benzene rings is 2. The van der Waals surface area contributed by atoms with Crippen molar-refractivity contribution in [1.29, 1.82) is 0 Å². The highest BCUT2D eigenvalue weighted by atomic mass is 32.1. The maximum Gasteiger partial charge on any atom is 0.416 e. The van der Waals surface area contributed by atoms with Crippen molar-refractivity contribution in [3.8, 4) is 0 Å². The first-order valence-corrected chi connectivity index (χ1v) is 9.89. The Morgan fingerprint density at radius 2 is 1.97 bits per heavy atom. The number of aromatic nitrogens is 1. The van der Waals surface area contributed by atoms with E-state index in [1.807, 2.05) is 0 Å². The van der Waals surface area contributed by atoms with Gasteiger partial charge in [0.15, 0.2) is 5.13 Å². The molecule has 3 aromatic rings. The number of hydrogen-bond donors (Lipinski definition) is 1. The van der Waals surface area contributed by atoms with Gasteiger partial charge in [-0.3, -0.25) is 4.79 Å². The molecular formula is C20H18F3N3O2S. The predicted molar refractivity (Wildman–Crippen MR) is 105 cm³/mol. The van der Waals surface area contributed by atoms with Crippen LogP contribution in [0.5, 0.6) is 0 Å². The zero-order chi connectivity index (χ0) is 20.4. The summed E-state index contributed by atoms with van der Waals surface area (Å²) in [5.41, 5.74) is 0.917. The van der Waals surface area contributed by atoms with Crippen LogP contribution in [0.1, 0.15) is 21.5 Å². The Balaban J connectivity index is 1.46. The van der Waals surface area contributed by atoms with Crippen molar-refractivity contribution >= 4 is 32.6 Å². The molecule has 9 heteroatoms. The Hall–Kier alpha value is -2.65. The first kappa shape index (κ1) is 19.7. The summed E-state index contributed by atoms with van der Waals surface area (Å²) in [6.45, 7) is 2.91. The summed E-state index contributed by atoms with van der Waals surface area (Å²) in [4.78, 5) is 19.2.